The molecule has 2 N–H and O–H groups in total. The minimum absolute atomic E-state index is 0.0471. The van der Waals surface area contributed by atoms with E-state index in [1.165, 1.54) is 31.2 Å². The number of hydrogen-bond acceptors (Lipinski definition) is 2. The highest BCUT2D eigenvalue weighted by Crippen LogP contribution is 2.50. The van der Waals surface area contributed by atoms with Crippen molar-refractivity contribution >= 4 is 11.9 Å². The Morgan fingerprint density at radius 3 is 2.26 bits per heavy atom. The molecule has 0 heterocycles. The smallest absolute Gasteiger partial charge is 0.332 e. The molecule has 0 aromatic heterocycles. The van der Waals surface area contributed by atoms with E-state index in [0.717, 1.165) is 18.4 Å². The predicted molar refractivity (Wildman–Crippen MR) is 81.4 cm³/mol. The summed E-state index contributed by atoms with van der Waals surface area (Å²) in [6.45, 7) is 1.53. The van der Waals surface area contributed by atoms with Crippen LogP contribution in [0.5, 0.6) is 0 Å². The van der Waals surface area contributed by atoms with Crippen molar-refractivity contribution in [3.63, 3.8) is 0 Å². The fourth-order valence-electron chi connectivity index (χ4n) is 3.26. The van der Waals surface area contributed by atoms with Gasteiger partial charge in [-0.3, -0.25) is 4.79 Å². The first-order valence-corrected chi connectivity index (χ1v) is 7.49. The van der Waals surface area contributed by atoms with E-state index in [4.69, 9.17) is 0 Å². The molecule has 23 heavy (non-hydrogen) atoms. The molecule has 120 valence electrons. The fourth-order valence-corrected chi connectivity index (χ4v) is 3.26. The summed E-state index contributed by atoms with van der Waals surface area (Å²) in [6, 6.07) is 5.34. The van der Waals surface area contributed by atoms with Crippen LogP contribution in [0.4, 0.5) is 4.39 Å². The highest BCUT2D eigenvalue weighted by Gasteiger charge is 2.48. The molecule has 2 aliphatic carbocycles. The van der Waals surface area contributed by atoms with Crippen LogP contribution in [0.1, 0.15) is 31.2 Å². The maximum atomic E-state index is 13.2. The maximum Gasteiger partial charge on any atom is 0.332 e. The number of benzene rings is 1. The molecule has 2 aliphatic rings. The summed E-state index contributed by atoms with van der Waals surface area (Å²) in [4.78, 5) is 23.7. The van der Waals surface area contributed by atoms with Gasteiger partial charge in [0.15, 0.2) is 0 Å². The summed E-state index contributed by atoms with van der Waals surface area (Å²) in [6.07, 6.45) is 5.17. The van der Waals surface area contributed by atoms with E-state index >= 15 is 0 Å². The first-order chi connectivity index (χ1) is 10.8. The van der Waals surface area contributed by atoms with E-state index in [9.17, 15) is 24.2 Å². The monoisotopic (exact) mass is 316 g/mol. The number of carboxylic acids is 2. The van der Waals surface area contributed by atoms with E-state index in [1.807, 2.05) is 0 Å². The van der Waals surface area contributed by atoms with E-state index in [-0.39, 0.29) is 11.5 Å². The number of allylic oxidation sites excluding steroid dienone is 2. The topological polar surface area (TPSA) is 74.6 Å². The van der Waals surface area contributed by atoms with Crippen LogP contribution < -0.4 is 0 Å². The summed E-state index contributed by atoms with van der Waals surface area (Å²) >= 11 is 0. The van der Waals surface area contributed by atoms with Gasteiger partial charge in [0.2, 0.25) is 0 Å². The molecule has 2 atom stereocenters. The Bertz CT molecular complexity index is 728. The minimum atomic E-state index is -1.38. The average molecular weight is 316 g/mol. The summed E-state index contributed by atoms with van der Waals surface area (Å²) < 4.78 is 13.2. The van der Waals surface area contributed by atoms with Gasteiger partial charge in [0.1, 0.15) is 5.82 Å². The number of halogens is 1. The lowest BCUT2D eigenvalue weighted by atomic mass is 9.65. The zero-order valence-corrected chi connectivity index (χ0v) is 12.6. The lowest BCUT2D eigenvalue weighted by Gasteiger charge is -2.36. The minimum Gasteiger partial charge on any atom is -0.481 e. The molecule has 0 bridgehead atoms. The van der Waals surface area contributed by atoms with Crippen molar-refractivity contribution in [1.82, 2.24) is 0 Å². The first kappa shape index (κ1) is 15.5. The number of rotatable bonds is 4. The maximum absolute atomic E-state index is 13.2. The molecule has 0 aliphatic heterocycles. The van der Waals surface area contributed by atoms with Gasteiger partial charge in [-0.2, -0.15) is 0 Å². The van der Waals surface area contributed by atoms with Gasteiger partial charge in [0.25, 0.3) is 0 Å². The Balaban J connectivity index is 2.16. The molecule has 0 amide bonds. The summed E-state index contributed by atoms with van der Waals surface area (Å²) in [7, 11) is 0. The third-order valence-corrected chi connectivity index (χ3v) is 4.66. The fraction of sp³-hybridized carbons (Fsp3) is 0.333. The van der Waals surface area contributed by atoms with Crippen molar-refractivity contribution < 1.29 is 24.2 Å². The molecule has 1 fully saturated rings. The summed E-state index contributed by atoms with van der Waals surface area (Å²) in [5.41, 5.74) is -0.0642. The lowest BCUT2D eigenvalue weighted by Crippen LogP contribution is -2.37. The Morgan fingerprint density at radius 2 is 1.78 bits per heavy atom. The number of hydrogen-bond donors (Lipinski definition) is 2. The largest absolute Gasteiger partial charge is 0.481 e. The zero-order chi connectivity index (χ0) is 16.8. The van der Waals surface area contributed by atoms with Crippen LogP contribution in [0, 0.1) is 17.2 Å². The van der Waals surface area contributed by atoms with E-state index in [0.29, 0.717) is 5.56 Å². The summed E-state index contributed by atoms with van der Waals surface area (Å²) in [5, 5.41) is 19.4. The van der Waals surface area contributed by atoms with Gasteiger partial charge in [-0.25, -0.2) is 9.18 Å². The molecular weight excluding hydrogens is 299 g/mol. The van der Waals surface area contributed by atoms with Gasteiger partial charge >= 0.3 is 11.9 Å². The van der Waals surface area contributed by atoms with Crippen molar-refractivity contribution in [1.29, 1.82) is 0 Å². The zero-order valence-electron chi connectivity index (χ0n) is 12.6. The van der Waals surface area contributed by atoms with Crippen molar-refractivity contribution in [3.05, 3.63) is 58.9 Å². The number of carboxylic acid groups (broad SMARTS) is 2. The molecule has 0 saturated heterocycles. The Labute approximate surface area is 132 Å². The predicted octanol–water partition coefficient (Wildman–Crippen LogP) is 3.36. The van der Waals surface area contributed by atoms with Gasteiger partial charge in [-0.1, -0.05) is 18.2 Å². The van der Waals surface area contributed by atoms with E-state index in [1.54, 1.807) is 12.2 Å². The second-order valence-corrected chi connectivity index (χ2v) is 6.40. The molecule has 0 radical (unpaired) electrons. The van der Waals surface area contributed by atoms with Crippen LogP contribution in [0.2, 0.25) is 0 Å². The van der Waals surface area contributed by atoms with Gasteiger partial charge in [-0.15, -0.1) is 0 Å². The number of aliphatic carboxylic acids is 2. The highest BCUT2D eigenvalue weighted by molar-refractivity contribution is 5.93. The van der Waals surface area contributed by atoms with E-state index in [2.05, 4.69) is 0 Å². The molecule has 4 nitrogen and oxygen atoms in total. The van der Waals surface area contributed by atoms with Gasteiger partial charge in [-0.05, 0) is 55.0 Å². The SMILES string of the molecule is CC1(C(=O)O)C=C(C2CC2)C=C(C(=O)O)C1c1ccc(F)cc1. The van der Waals surface area contributed by atoms with Gasteiger partial charge in [0, 0.05) is 11.5 Å². The molecule has 1 aromatic rings. The first-order valence-electron chi connectivity index (χ1n) is 7.49. The number of carbonyl (C=O) groups is 2. The van der Waals surface area contributed by atoms with E-state index < -0.39 is 29.1 Å². The van der Waals surface area contributed by atoms with Crippen molar-refractivity contribution in [3.8, 4) is 0 Å². The third-order valence-electron chi connectivity index (χ3n) is 4.66. The molecule has 5 heteroatoms. The second-order valence-electron chi connectivity index (χ2n) is 6.40. The quantitative estimate of drug-likeness (QED) is 0.893. The van der Waals surface area contributed by atoms with Crippen LogP contribution in [0.15, 0.2) is 47.6 Å². The second kappa shape index (κ2) is 5.33. The highest BCUT2D eigenvalue weighted by atomic mass is 19.1. The lowest BCUT2D eigenvalue weighted by molar-refractivity contribution is -0.146. The van der Waals surface area contributed by atoms with Crippen LogP contribution in [0.3, 0.4) is 0 Å². The Morgan fingerprint density at radius 1 is 1.17 bits per heavy atom. The van der Waals surface area contributed by atoms with Crippen LogP contribution >= 0.6 is 0 Å². The van der Waals surface area contributed by atoms with Crippen LogP contribution in [-0.2, 0) is 9.59 Å². The molecule has 2 unspecified atom stereocenters. The van der Waals surface area contributed by atoms with Crippen molar-refractivity contribution in [2.75, 3.05) is 0 Å². The van der Waals surface area contributed by atoms with Gasteiger partial charge in [0.05, 0.1) is 5.41 Å². The standard InChI is InChI=1S/C18H17FO4/c1-18(17(22)23)9-12(10-2-3-10)8-14(16(20)21)15(18)11-4-6-13(19)7-5-11/h4-10,15H,2-3H2,1H3,(H,20,21)(H,22,23). The summed E-state index contributed by atoms with van der Waals surface area (Å²) in [5.74, 6) is -3.29. The van der Waals surface area contributed by atoms with Gasteiger partial charge < -0.3 is 10.2 Å². The average Bonchev–Trinajstić information content (AvgIpc) is 3.32. The molecular formula is C18H17FO4. The third kappa shape index (κ3) is 2.67. The Kier molecular flexibility index (Phi) is 3.59. The Hall–Kier alpha value is -2.43. The van der Waals surface area contributed by atoms with Crippen molar-refractivity contribution in [2.24, 2.45) is 11.3 Å². The molecule has 0 spiro atoms. The normalized spacial score (nSPS) is 27.1. The molecule has 1 saturated carbocycles. The molecule has 1 aromatic carbocycles. The molecule has 3 rings (SSSR count). The van der Waals surface area contributed by atoms with Crippen LogP contribution in [-0.4, -0.2) is 22.2 Å². The van der Waals surface area contributed by atoms with Crippen LogP contribution in [0.25, 0.3) is 0 Å². The van der Waals surface area contributed by atoms with Crippen molar-refractivity contribution in [2.45, 2.75) is 25.7 Å².